The zero-order valence-electron chi connectivity index (χ0n) is 11.3. The van der Waals surface area contributed by atoms with Crippen LogP contribution in [0.1, 0.15) is 18.1 Å². The fourth-order valence-electron chi connectivity index (χ4n) is 2.00. The quantitative estimate of drug-likeness (QED) is 0.682. The molecule has 1 fully saturated rings. The van der Waals surface area contributed by atoms with E-state index in [2.05, 4.69) is 5.32 Å². The van der Waals surface area contributed by atoms with Gasteiger partial charge in [0.1, 0.15) is 11.6 Å². The Balaban J connectivity index is 2.21. The average Bonchev–Trinajstić information content (AvgIpc) is 2.74. The fourth-order valence-corrected chi connectivity index (χ4v) is 3.18. The van der Waals surface area contributed by atoms with Crippen molar-refractivity contribution in [2.75, 3.05) is 0 Å². The van der Waals surface area contributed by atoms with Gasteiger partial charge < -0.3 is 5.32 Å². The fraction of sp³-hybridized carbons (Fsp3) is 0.267. The normalized spacial score (nSPS) is 20.2. The summed E-state index contributed by atoms with van der Waals surface area (Å²) in [4.78, 5) is 23.3. The number of thioether (sulfide) groups is 1. The van der Waals surface area contributed by atoms with Crippen LogP contribution in [-0.2, 0) is 16.0 Å². The van der Waals surface area contributed by atoms with E-state index in [1.54, 1.807) is 0 Å². The largest absolute Gasteiger partial charge is 0.318 e. The van der Waals surface area contributed by atoms with Crippen molar-refractivity contribution in [2.24, 2.45) is 0 Å². The molecule has 1 saturated heterocycles. The number of hydrogen-bond donors (Lipinski definition) is 1. The molecule has 1 aromatic carbocycles. The molecule has 1 N–H and O–H groups in total. The summed E-state index contributed by atoms with van der Waals surface area (Å²) in [6, 6.07) is 9.73. The molecule has 0 unspecified atom stereocenters. The lowest BCUT2D eigenvalue weighted by atomic mass is 10.0. The van der Waals surface area contributed by atoms with Crippen molar-refractivity contribution >= 4 is 23.5 Å². The Hall–Kier alpha value is -2.06. The van der Waals surface area contributed by atoms with Crippen LogP contribution in [0.5, 0.6) is 0 Å². The highest BCUT2D eigenvalue weighted by Crippen LogP contribution is 2.32. The predicted molar refractivity (Wildman–Crippen MR) is 77.7 cm³/mol. The summed E-state index contributed by atoms with van der Waals surface area (Å²) in [7, 11) is 0. The average molecular weight is 286 g/mol. The molecule has 1 atom stereocenters. The van der Waals surface area contributed by atoms with E-state index >= 15 is 0 Å². The first-order valence-corrected chi connectivity index (χ1v) is 7.08. The molecule has 0 aliphatic carbocycles. The summed E-state index contributed by atoms with van der Waals surface area (Å²) in [5.74, 6) is -0.478. The van der Waals surface area contributed by atoms with Crippen molar-refractivity contribution in [1.29, 1.82) is 5.26 Å². The van der Waals surface area contributed by atoms with Gasteiger partial charge in [-0.1, -0.05) is 36.0 Å². The Morgan fingerprint density at radius 1 is 1.45 bits per heavy atom. The minimum Gasteiger partial charge on any atom is -0.318 e. The Morgan fingerprint density at radius 2 is 2.15 bits per heavy atom. The van der Waals surface area contributed by atoms with Crippen LogP contribution in [0.2, 0.25) is 0 Å². The lowest BCUT2D eigenvalue weighted by Crippen LogP contribution is -2.24. The molecular weight excluding hydrogens is 272 g/mol. The van der Waals surface area contributed by atoms with Gasteiger partial charge in [-0.05, 0) is 31.4 Å². The molecule has 4 nitrogen and oxygen atoms in total. The first kappa shape index (κ1) is 14.4. The molecule has 1 heterocycles. The van der Waals surface area contributed by atoms with Gasteiger partial charge in [0.25, 0.3) is 0 Å². The zero-order chi connectivity index (χ0) is 14.7. The second kappa shape index (κ2) is 5.93. The lowest BCUT2D eigenvalue weighted by Gasteiger charge is -2.08. The van der Waals surface area contributed by atoms with Crippen molar-refractivity contribution in [3.63, 3.8) is 0 Å². The highest BCUT2D eigenvalue weighted by Gasteiger charge is 2.32. The molecule has 102 valence electrons. The number of nitrogens with one attached hydrogen (secondary N) is 1. The van der Waals surface area contributed by atoms with Gasteiger partial charge in [-0.3, -0.25) is 9.59 Å². The SMILES string of the molecule is CC(=O)/C(C#N)=C1/NC(=O)[C@H](Cc2ccccc2C)S1. The molecule has 5 heteroatoms. The van der Waals surface area contributed by atoms with E-state index < -0.39 is 0 Å². The van der Waals surface area contributed by atoms with E-state index in [0.29, 0.717) is 11.4 Å². The van der Waals surface area contributed by atoms with Crippen LogP contribution >= 0.6 is 11.8 Å². The van der Waals surface area contributed by atoms with Gasteiger partial charge in [-0.25, -0.2) is 0 Å². The maximum atomic E-state index is 12.0. The highest BCUT2D eigenvalue weighted by molar-refractivity contribution is 8.04. The van der Waals surface area contributed by atoms with E-state index in [-0.39, 0.29) is 22.5 Å². The highest BCUT2D eigenvalue weighted by atomic mass is 32.2. The van der Waals surface area contributed by atoms with E-state index in [9.17, 15) is 9.59 Å². The van der Waals surface area contributed by atoms with Gasteiger partial charge in [0.15, 0.2) is 5.78 Å². The number of amides is 1. The van der Waals surface area contributed by atoms with Gasteiger partial charge in [-0.2, -0.15) is 5.26 Å². The smallest absolute Gasteiger partial charge is 0.238 e. The van der Waals surface area contributed by atoms with Crippen LogP contribution in [0, 0.1) is 18.3 Å². The first-order chi connectivity index (χ1) is 9.52. The zero-order valence-corrected chi connectivity index (χ0v) is 12.1. The molecule has 0 radical (unpaired) electrons. The van der Waals surface area contributed by atoms with Crippen molar-refractivity contribution in [1.82, 2.24) is 5.32 Å². The first-order valence-electron chi connectivity index (χ1n) is 6.20. The van der Waals surface area contributed by atoms with Crippen molar-refractivity contribution in [3.05, 3.63) is 46.0 Å². The number of aryl methyl sites for hydroxylation is 1. The molecular formula is C15H14N2O2S. The molecule has 20 heavy (non-hydrogen) atoms. The molecule has 1 aromatic rings. The number of ketones is 1. The van der Waals surface area contributed by atoms with Gasteiger partial charge >= 0.3 is 0 Å². The number of carbonyl (C=O) groups is 2. The summed E-state index contributed by atoms with van der Waals surface area (Å²) >= 11 is 1.26. The molecule has 0 saturated carbocycles. The van der Waals surface area contributed by atoms with Gasteiger partial charge in [0, 0.05) is 0 Å². The number of nitriles is 1. The second-order valence-electron chi connectivity index (χ2n) is 4.60. The van der Waals surface area contributed by atoms with Crippen LogP contribution in [0.3, 0.4) is 0 Å². The number of rotatable bonds is 3. The van der Waals surface area contributed by atoms with Crippen LogP contribution in [0.4, 0.5) is 0 Å². The number of carbonyl (C=O) groups excluding carboxylic acids is 2. The van der Waals surface area contributed by atoms with Crippen LogP contribution < -0.4 is 5.32 Å². The number of hydrogen-bond acceptors (Lipinski definition) is 4. The Morgan fingerprint density at radius 3 is 2.75 bits per heavy atom. The standard InChI is InChI=1S/C15H14N2O2S/c1-9-5-3-4-6-11(9)7-13-14(19)17-15(20-13)12(8-16)10(2)18/h3-6,13H,7H2,1-2H3,(H,17,19)/b15-12-/t13-/m0/s1. The minimum atomic E-state index is -0.327. The lowest BCUT2D eigenvalue weighted by molar-refractivity contribution is -0.119. The minimum absolute atomic E-state index is 0.0237. The third-order valence-electron chi connectivity index (χ3n) is 3.15. The molecule has 2 rings (SSSR count). The van der Waals surface area contributed by atoms with Gasteiger partial charge in [0.05, 0.1) is 10.3 Å². The maximum Gasteiger partial charge on any atom is 0.238 e. The number of allylic oxidation sites excluding steroid dienone is 1. The van der Waals surface area contributed by atoms with E-state index in [0.717, 1.165) is 11.1 Å². The Kier molecular flexibility index (Phi) is 4.26. The summed E-state index contributed by atoms with van der Waals surface area (Å²) in [6.45, 7) is 3.33. The third kappa shape index (κ3) is 2.91. The monoisotopic (exact) mass is 286 g/mol. The summed E-state index contributed by atoms with van der Waals surface area (Å²) in [6.07, 6.45) is 0.587. The number of nitrogens with zero attached hydrogens (tertiary/aromatic N) is 1. The maximum absolute atomic E-state index is 12.0. The molecule has 1 aliphatic heterocycles. The van der Waals surface area contributed by atoms with Crippen molar-refractivity contribution < 1.29 is 9.59 Å². The van der Waals surface area contributed by atoms with Crippen molar-refractivity contribution in [2.45, 2.75) is 25.5 Å². The van der Waals surface area contributed by atoms with Gasteiger partial charge in [0.2, 0.25) is 5.91 Å². The number of Topliss-reactive ketones (excluding diaryl/α,β-unsaturated/α-hetero) is 1. The predicted octanol–water partition coefficient (Wildman–Crippen LogP) is 2.09. The van der Waals surface area contributed by atoms with E-state index in [1.165, 1.54) is 18.7 Å². The third-order valence-corrected chi connectivity index (χ3v) is 4.35. The number of benzene rings is 1. The topological polar surface area (TPSA) is 70.0 Å². The molecule has 1 aliphatic rings. The Labute approximate surface area is 121 Å². The summed E-state index contributed by atoms with van der Waals surface area (Å²) in [5, 5.41) is 11.7. The van der Waals surface area contributed by atoms with Crippen LogP contribution in [0.25, 0.3) is 0 Å². The Bertz CT molecular complexity index is 644. The molecule has 1 amide bonds. The van der Waals surface area contributed by atoms with E-state index in [4.69, 9.17) is 5.26 Å². The second-order valence-corrected chi connectivity index (χ2v) is 5.81. The molecule has 0 spiro atoms. The van der Waals surface area contributed by atoms with Gasteiger partial charge in [-0.15, -0.1) is 0 Å². The van der Waals surface area contributed by atoms with Crippen molar-refractivity contribution in [3.8, 4) is 6.07 Å². The van der Waals surface area contributed by atoms with Crippen LogP contribution in [0.15, 0.2) is 34.9 Å². The van der Waals surface area contributed by atoms with Crippen LogP contribution in [-0.4, -0.2) is 16.9 Å². The summed E-state index contributed by atoms with van der Waals surface area (Å²) < 4.78 is 0. The van der Waals surface area contributed by atoms with E-state index in [1.807, 2.05) is 37.3 Å². The summed E-state index contributed by atoms with van der Waals surface area (Å²) in [5.41, 5.74) is 2.25. The molecule has 0 bridgehead atoms. The molecule has 0 aromatic heterocycles.